The molecule has 0 bridgehead atoms. The summed E-state index contributed by atoms with van der Waals surface area (Å²) in [7, 11) is 1.63. The second-order valence-electron chi connectivity index (χ2n) is 3.60. The summed E-state index contributed by atoms with van der Waals surface area (Å²) in [5.41, 5.74) is 9.18. The van der Waals surface area contributed by atoms with E-state index >= 15 is 0 Å². The molecule has 6 heteroatoms. The van der Waals surface area contributed by atoms with Crippen molar-refractivity contribution < 1.29 is 4.74 Å². The number of hydrogen-bond donors (Lipinski definition) is 2. The summed E-state index contributed by atoms with van der Waals surface area (Å²) < 4.78 is 5.19. The molecule has 0 aliphatic heterocycles. The predicted molar refractivity (Wildman–Crippen MR) is 78.3 cm³/mol. The maximum absolute atomic E-state index is 5.70. The van der Waals surface area contributed by atoms with E-state index in [9.17, 15) is 0 Å². The Morgan fingerprint density at radius 2 is 2.39 bits per heavy atom. The van der Waals surface area contributed by atoms with Gasteiger partial charge in [-0.15, -0.1) is 11.3 Å². The molecule has 18 heavy (non-hydrogen) atoms. The van der Waals surface area contributed by atoms with E-state index in [1.54, 1.807) is 24.0 Å². The van der Waals surface area contributed by atoms with Crippen molar-refractivity contribution in [2.75, 3.05) is 12.4 Å². The molecule has 94 valence electrons. The number of aromatic nitrogens is 1. The fourth-order valence-electron chi connectivity index (χ4n) is 1.52. The molecule has 2 rings (SSSR count). The van der Waals surface area contributed by atoms with Crippen LogP contribution in [0, 0.1) is 0 Å². The molecule has 1 aromatic carbocycles. The van der Waals surface area contributed by atoms with Crippen molar-refractivity contribution in [3.8, 4) is 5.75 Å². The minimum absolute atomic E-state index is 0.365. The number of methoxy groups -OCH3 is 1. The highest BCUT2D eigenvalue weighted by molar-refractivity contribution is 7.80. The van der Waals surface area contributed by atoms with Gasteiger partial charge >= 0.3 is 0 Å². The first-order chi connectivity index (χ1) is 8.70. The summed E-state index contributed by atoms with van der Waals surface area (Å²) in [5, 5.41) is 3.29. The molecule has 0 aliphatic rings. The zero-order chi connectivity index (χ0) is 13.0. The molecule has 1 heterocycles. The summed E-state index contributed by atoms with van der Waals surface area (Å²) in [4.78, 5) is 5.54. The van der Waals surface area contributed by atoms with E-state index in [1.165, 1.54) is 0 Å². The van der Waals surface area contributed by atoms with E-state index in [1.807, 2.05) is 24.4 Å². The van der Waals surface area contributed by atoms with E-state index in [-0.39, 0.29) is 0 Å². The maximum atomic E-state index is 5.70. The van der Waals surface area contributed by atoms with E-state index < -0.39 is 0 Å². The molecule has 0 saturated heterocycles. The second-order valence-corrected chi connectivity index (χ2v) is 5.01. The van der Waals surface area contributed by atoms with Crippen molar-refractivity contribution in [1.82, 2.24) is 4.98 Å². The van der Waals surface area contributed by atoms with Crippen molar-refractivity contribution in [2.24, 2.45) is 5.73 Å². The second kappa shape index (κ2) is 5.79. The van der Waals surface area contributed by atoms with Gasteiger partial charge in [0, 0.05) is 28.4 Å². The molecule has 3 N–H and O–H groups in total. The van der Waals surface area contributed by atoms with Crippen LogP contribution in [0.4, 0.5) is 5.69 Å². The van der Waals surface area contributed by atoms with Gasteiger partial charge in [-0.1, -0.05) is 12.2 Å². The number of thiazole rings is 1. The highest BCUT2D eigenvalue weighted by atomic mass is 32.1. The van der Waals surface area contributed by atoms with Gasteiger partial charge in [0.1, 0.15) is 10.7 Å². The van der Waals surface area contributed by atoms with Gasteiger partial charge < -0.3 is 15.8 Å². The average molecular weight is 279 g/mol. The number of benzene rings is 1. The third-order valence-corrected chi connectivity index (χ3v) is 3.43. The van der Waals surface area contributed by atoms with Gasteiger partial charge in [0.05, 0.1) is 19.2 Å². The van der Waals surface area contributed by atoms with Crippen LogP contribution in [0.1, 0.15) is 10.4 Å². The third-order valence-electron chi connectivity index (χ3n) is 2.43. The van der Waals surface area contributed by atoms with E-state index in [4.69, 9.17) is 22.7 Å². The Labute approximate surface area is 115 Å². The molecule has 2 aromatic rings. The maximum Gasteiger partial charge on any atom is 0.120 e. The lowest BCUT2D eigenvalue weighted by atomic mass is 10.1. The summed E-state index contributed by atoms with van der Waals surface area (Å²) in [6.45, 7) is 0.688. The number of rotatable bonds is 5. The largest absolute Gasteiger partial charge is 0.497 e. The molecule has 0 unspecified atom stereocenters. The lowest BCUT2D eigenvalue weighted by molar-refractivity contribution is 0.415. The predicted octanol–water partition coefficient (Wildman–Crippen LogP) is 2.40. The van der Waals surface area contributed by atoms with Gasteiger partial charge in [0.25, 0.3) is 0 Å². The van der Waals surface area contributed by atoms with Crippen molar-refractivity contribution >= 4 is 34.2 Å². The van der Waals surface area contributed by atoms with Crippen LogP contribution in [-0.4, -0.2) is 17.1 Å². The van der Waals surface area contributed by atoms with Crippen LogP contribution in [0.2, 0.25) is 0 Å². The Balaban J connectivity index is 2.20. The zero-order valence-electron chi connectivity index (χ0n) is 9.84. The van der Waals surface area contributed by atoms with Crippen LogP contribution in [0.5, 0.6) is 5.75 Å². The topological polar surface area (TPSA) is 60.2 Å². The third kappa shape index (κ3) is 2.96. The average Bonchev–Trinajstić information content (AvgIpc) is 2.88. The van der Waals surface area contributed by atoms with Gasteiger partial charge in [-0.05, 0) is 12.1 Å². The lowest BCUT2D eigenvalue weighted by Crippen LogP contribution is -2.13. The van der Waals surface area contributed by atoms with E-state index in [0.29, 0.717) is 11.5 Å². The van der Waals surface area contributed by atoms with E-state index in [0.717, 1.165) is 21.9 Å². The van der Waals surface area contributed by atoms with Gasteiger partial charge in [-0.2, -0.15) is 0 Å². The van der Waals surface area contributed by atoms with Gasteiger partial charge in [0.2, 0.25) is 0 Å². The Morgan fingerprint density at radius 1 is 1.56 bits per heavy atom. The van der Waals surface area contributed by atoms with Crippen LogP contribution in [0.3, 0.4) is 0 Å². The van der Waals surface area contributed by atoms with Gasteiger partial charge in [-0.25, -0.2) is 0 Å². The molecule has 4 nitrogen and oxygen atoms in total. The van der Waals surface area contributed by atoms with Gasteiger partial charge in [-0.3, -0.25) is 4.98 Å². The van der Waals surface area contributed by atoms with Crippen molar-refractivity contribution in [3.05, 3.63) is 40.3 Å². The normalized spacial score (nSPS) is 10.1. The number of ether oxygens (including phenoxy) is 1. The Kier molecular flexibility index (Phi) is 4.11. The van der Waals surface area contributed by atoms with Crippen molar-refractivity contribution in [3.63, 3.8) is 0 Å². The zero-order valence-corrected chi connectivity index (χ0v) is 11.5. The SMILES string of the molecule is COc1ccc(C(N)=S)c(NCc2cncs2)c1. The summed E-state index contributed by atoms with van der Waals surface area (Å²) >= 11 is 6.63. The molecular formula is C12H13N3OS2. The first kappa shape index (κ1) is 12.8. The summed E-state index contributed by atoms with van der Waals surface area (Å²) in [6.07, 6.45) is 1.83. The Hall–Kier alpha value is -1.66. The highest BCUT2D eigenvalue weighted by Crippen LogP contribution is 2.23. The minimum atomic E-state index is 0.365. The van der Waals surface area contributed by atoms with Crippen LogP contribution < -0.4 is 15.8 Å². The van der Waals surface area contributed by atoms with Crippen LogP contribution in [-0.2, 0) is 6.54 Å². The molecule has 0 atom stereocenters. The van der Waals surface area contributed by atoms with E-state index in [2.05, 4.69) is 10.3 Å². The van der Waals surface area contributed by atoms with Crippen molar-refractivity contribution in [1.29, 1.82) is 0 Å². The fraction of sp³-hybridized carbons (Fsp3) is 0.167. The summed E-state index contributed by atoms with van der Waals surface area (Å²) in [6, 6.07) is 5.58. The van der Waals surface area contributed by atoms with Crippen LogP contribution >= 0.6 is 23.6 Å². The Morgan fingerprint density at radius 3 is 3.00 bits per heavy atom. The number of nitrogens with two attached hydrogens (primary N) is 1. The number of thiocarbonyl (C=S) groups is 1. The minimum Gasteiger partial charge on any atom is -0.497 e. The number of anilines is 1. The summed E-state index contributed by atoms with van der Waals surface area (Å²) in [5.74, 6) is 0.766. The highest BCUT2D eigenvalue weighted by Gasteiger charge is 2.07. The Bertz CT molecular complexity index is 540. The lowest BCUT2D eigenvalue weighted by Gasteiger charge is -2.12. The molecular weight excluding hydrogens is 266 g/mol. The van der Waals surface area contributed by atoms with Crippen molar-refractivity contribution in [2.45, 2.75) is 6.54 Å². The first-order valence-electron chi connectivity index (χ1n) is 5.30. The first-order valence-corrected chi connectivity index (χ1v) is 6.58. The van der Waals surface area contributed by atoms with Crippen LogP contribution in [0.15, 0.2) is 29.9 Å². The number of hydrogen-bond acceptors (Lipinski definition) is 5. The molecule has 0 spiro atoms. The molecule has 0 radical (unpaired) electrons. The quantitative estimate of drug-likeness (QED) is 0.823. The molecule has 0 saturated carbocycles. The van der Waals surface area contributed by atoms with Crippen LogP contribution in [0.25, 0.3) is 0 Å². The monoisotopic (exact) mass is 279 g/mol. The standard InChI is InChI=1S/C12H13N3OS2/c1-16-8-2-3-10(12(13)17)11(4-8)15-6-9-5-14-7-18-9/h2-5,7,15H,6H2,1H3,(H2,13,17). The molecule has 0 fully saturated rings. The fourth-order valence-corrected chi connectivity index (χ4v) is 2.24. The number of nitrogens with zero attached hydrogens (tertiary/aromatic N) is 1. The molecule has 0 aliphatic carbocycles. The number of nitrogens with one attached hydrogen (secondary N) is 1. The van der Waals surface area contributed by atoms with Gasteiger partial charge in [0.15, 0.2) is 0 Å². The molecule has 1 aromatic heterocycles. The smallest absolute Gasteiger partial charge is 0.120 e. The molecule has 0 amide bonds.